The number of unbranched alkanes of at least 4 members (excludes halogenated alkanes) is 17. The zero-order chi connectivity index (χ0) is 28.4. The summed E-state index contributed by atoms with van der Waals surface area (Å²) in [4.78, 5) is 25.1. The van der Waals surface area contributed by atoms with Gasteiger partial charge in [0, 0.05) is 0 Å². The highest BCUT2D eigenvalue weighted by Crippen LogP contribution is 2.23. The van der Waals surface area contributed by atoms with E-state index < -0.39 is 43.3 Å². The van der Waals surface area contributed by atoms with Crippen LogP contribution in [0.1, 0.15) is 149 Å². The number of hydrogen-bond acceptors (Lipinski definition) is 7. The highest BCUT2D eigenvalue weighted by Gasteiger charge is 2.36. The SMILES string of the molecule is CCCCCCCCCCCCCC(CCCCCCCCCC)C(=O)O[C@H](C(=O)CO)[C@H](O)[C@H](O)CO. The molecule has 0 heterocycles. The first-order valence-electron chi connectivity index (χ1n) is 15.7. The number of ether oxygens (including phenoxy) is 1. The van der Waals surface area contributed by atoms with E-state index in [1.807, 2.05) is 0 Å². The van der Waals surface area contributed by atoms with Crippen LogP contribution in [0.25, 0.3) is 0 Å². The molecule has 7 heteroatoms. The molecule has 0 saturated heterocycles. The summed E-state index contributed by atoms with van der Waals surface area (Å²) in [5.74, 6) is -1.85. The fourth-order valence-electron chi connectivity index (χ4n) is 4.91. The molecule has 0 aromatic rings. The highest BCUT2D eigenvalue weighted by molar-refractivity contribution is 5.87. The lowest BCUT2D eigenvalue weighted by Gasteiger charge is -2.26. The Labute approximate surface area is 232 Å². The van der Waals surface area contributed by atoms with Crippen molar-refractivity contribution < 1.29 is 34.8 Å². The highest BCUT2D eigenvalue weighted by atomic mass is 16.6. The normalized spacial score (nSPS) is 14.7. The van der Waals surface area contributed by atoms with Crippen LogP contribution in [0, 0.1) is 5.92 Å². The number of carbonyl (C=O) groups excluding carboxylic acids is 2. The summed E-state index contributed by atoms with van der Waals surface area (Å²) in [5, 5.41) is 38.4. The van der Waals surface area contributed by atoms with Crippen LogP contribution in [0.3, 0.4) is 0 Å². The number of esters is 1. The number of rotatable bonds is 28. The van der Waals surface area contributed by atoms with E-state index in [0.717, 1.165) is 38.5 Å². The van der Waals surface area contributed by atoms with E-state index in [-0.39, 0.29) is 5.92 Å². The Balaban J connectivity index is 4.67. The van der Waals surface area contributed by atoms with Gasteiger partial charge in [-0.15, -0.1) is 0 Å². The molecule has 0 fully saturated rings. The van der Waals surface area contributed by atoms with E-state index in [0.29, 0.717) is 12.8 Å². The molecule has 7 nitrogen and oxygen atoms in total. The smallest absolute Gasteiger partial charge is 0.309 e. The number of Topliss-reactive ketones (excluding diaryl/α,β-unsaturated/α-hetero) is 1. The van der Waals surface area contributed by atoms with E-state index in [1.165, 1.54) is 83.5 Å². The Morgan fingerprint density at radius 3 is 1.32 bits per heavy atom. The number of ketones is 1. The van der Waals surface area contributed by atoms with E-state index in [1.54, 1.807) is 0 Å². The van der Waals surface area contributed by atoms with E-state index >= 15 is 0 Å². The summed E-state index contributed by atoms with van der Waals surface area (Å²) >= 11 is 0. The maximum atomic E-state index is 13.0. The molecule has 0 aromatic heterocycles. The maximum Gasteiger partial charge on any atom is 0.309 e. The van der Waals surface area contributed by atoms with Gasteiger partial charge in [-0.1, -0.05) is 136 Å². The van der Waals surface area contributed by atoms with E-state index in [2.05, 4.69) is 13.8 Å². The van der Waals surface area contributed by atoms with E-state index in [9.17, 15) is 24.9 Å². The molecule has 0 aliphatic rings. The van der Waals surface area contributed by atoms with Crippen LogP contribution in [-0.4, -0.2) is 63.7 Å². The molecule has 1 unspecified atom stereocenters. The first-order valence-corrected chi connectivity index (χ1v) is 15.7. The third-order valence-corrected chi connectivity index (χ3v) is 7.50. The number of aliphatic hydroxyl groups excluding tert-OH is 4. The van der Waals surface area contributed by atoms with Crippen molar-refractivity contribution in [1.82, 2.24) is 0 Å². The van der Waals surface area contributed by atoms with Crippen molar-refractivity contribution in [1.29, 1.82) is 0 Å². The Bertz CT molecular complexity index is 554. The minimum atomic E-state index is -1.78. The number of aliphatic hydroxyl groups is 4. The summed E-state index contributed by atoms with van der Waals surface area (Å²) in [5.41, 5.74) is 0. The van der Waals surface area contributed by atoms with Gasteiger partial charge in [0.05, 0.1) is 12.5 Å². The van der Waals surface area contributed by atoms with Crippen molar-refractivity contribution in [3.8, 4) is 0 Å². The van der Waals surface area contributed by atoms with Crippen LogP contribution in [-0.2, 0) is 14.3 Å². The van der Waals surface area contributed by atoms with Crippen molar-refractivity contribution in [3.63, 3.8) is 0 Å². The summed E-state index contributed by atoms with van der Waals surface area (Å²) in [6, 6.07) is 0. The average molecular weight is 545 g/mol. The van der Waals surface area contributed by atoms with Gasteiger partial charge in [0.2, 0.25) is 5.78 Å². The van der Waals surface area contributed by atoms with Gasteiger partial charge < -0.3 is 25.2 Å². The molecule has 0 amide bonds. The lowest BCUT2D eigenvalue weighted by atomic mass is 9.93. The number of carbonyl (C=O) groups is 2. The Kier molecular flexibility index (Phi) is 25.5. The molecule has 0 rings (SSSR count). The van der Waals surface area contributed by atoms with Crippen LogP contribution in [0.15, 0.2) is 0 Å². The van der Waals surface area contributed by atoms with Gasteiger partial charge in [-0.3, -0.25) is 9.59 Å². The zero-order valence-corrected chi connectivity index (χ0v) is 24.6. The van der Waals surface area contributed by atoms with Crippen molar-refractivity contribution in [3.05, 3.63) is 0 Å². The Morgan fingerprint density at radius 2 is 0.974 bits per heavy atom. The van der Waals surface area contributed by atoms with Crippen molar-refractivity contribution in [2.24, 2.45) is 5.92 Å². The van der Waals surface area contributed by atoms with Crippen molar-refractivity contribution in [2.75, 3.05) is 13.2 Å². The second kappa shape index (κ2) is 26.2. The molecule has 226 valence electrons. The Hall–Kier alpha value is -1.02. The van der Waals surface area contributed by atoms with Gasteiger partial charge in [-0.25, -0.2) is 0 Å². The van der Waals surface area contributed by atoms with E-state index in [4.69, 9.17) is 9.84 Å². The van der Waals surface area contributed by atoms with Crippen molar-refractivity contribution >= 4 is 11.8 Å². The second-order valence-corrected chi connectivity index (χ2v) is 11.0. The molecule has 4 N–H and O–H groups in total. The summed E-state index contributed by atoms with van der Waals surface area (Å²) in [6.07, 6.45) is 18.9. The monoisotopic (exact) mass is 544 g/mol. The summed E-state index contributed by atoms with van der Waals surface area (Å²) in [6.45, 7) is 2.73. The minimum absolute atomic E-state index is 0.388. The van der Waals surface area contributed by atoms with Gasteiger partial charge in [0.25, 0.3) is 0 Å². The molecule has 0 bridgehead atoms. The standard InChI is InChI=1S/C31H60O7/c1-3-5-7-9-11-13-14-15-17-19-21-23-26(22-20-18-16-12-10-8-6-4-2)31(37)38-30(28(35)25-33)29(36)27(34)24-32/h26-27,29-30,32-34,36H,3-25H2,1-2H3/t26?,27-,29-,30-/m1/s1. The molecular weight excluding hydrogens is 484 g/mol. The predicted octanol–water partition coefficient (Wildman–Crippen LogP) is 6.02. The molecule has 0 aliphatic carbocycles. The average Bonchev–Trinajstić information content (AvgIpc) is 2.93. The van der Waals surface area contributed by atoms with Crippen LogP contribution in [0.2, 0.25) is 0 Å². The predicted molar refractivity (Wildman–Crippen MR) is 153 cm³/mol. The molecular formula is C31H60O7. The van der Waals surface area contributed by atoms with Gasteiger partial charge in [-0.05, 0) is 12.8 Å². The number of hydrogen-bond donors (Lipinski definition) is 4. The molecule has 0 saturated carbocycles. The molecule has 0 radical (unpaired) electrons. The van der Waals surface area contributed by atoms with Gasteiger partial charge >= 0.3 is 5.97 Å². The molecule has 38 heavy (non-hydrogen) atoms. The van der Waals surface area contributed by atoms with Crippen LogP contribution >= 0.6 is 0 Å². The first kappa shape index (κ1) is 37.0. The van der Waals surface area contributed by atoms with Crippen LogP contribution < -0.4 is 0 Å². The quantitative estimate of drug-likeness (QED) is 0.0701. The molecule has 0 spiro atoms. The van der Waals surface area contributed by atoms with Gasteiger partial charge in [-0.2, -0.15) is 0 Å². The second-order valence-electron chi connectivity index (χ2n) is 11.0. The first-order chi connectivity index (χ1) is 18.4. The fraction of sp³-hybridized carbons (Fsp3) is 0.935. The lowest BCUT2D eigenvalue weighted by Crippen LogP contribution is -2.48. The third kappa shape index (κ3) is 19.1. The van der Waals surface area contributed by atoms with Crippen LogP contribution in [0.5, 0.6) is 0 Å². The lowest BCUT2D eigenvalue weighted by molar-refractivity contribution is -0.173. The summed E-state index contributed by atoms with van der Waals surface area (Å²) in [7, 11) is 0. The molecule has 0 aliphatic heterocycles. The zero-order valence-electron chi connectivity index (χ0n) is 24.6. The summed E-state index contributed by atoms with van der Waals surface area (Å²) < 4.78 is 5.35. The molecule has 4 atom stereocenters. The Morgan fingerprint density at radius 1 is 0.605 bits per heavy atom. The van der Waals surface area contributed by atoms with Crippen LogP contribution in [0.4, 0.5) is 0 Å². The van der Waals surface area contributed by atoms with Crippen molar-refractivity contribution in [2.45, 2.75) is 167 Å². The fourth-order valence-corrected chi connectivity index (χ4v) is 4.91. The minimum Gasteiger partial charge on any atom is -0.451 e. The molecule has 0 aromatic carbocycles. The van der Waals surface area contributed by atoms with Gasteiger partial charge in [0.1, 0.15) is 18.8 Å². The van der Waals surface area contributed by atoms with Gasteiger partial charge in [0.15, 0.2) is 6.10 Å². The topological polar surface area (TPSA) is 124 Å². The third-order valence-electron chi connectivity index (χ3n) is 7.50. The maximum absolute atomic E-state index is 13.0. The largest absolute Gasteiger partial charge is 0.451 e.